The number of ether oxygens (including phenoxy) is 1. The van der Waals surface area contributed by atoms with Crippen LogP contribution in [-0.4, -0.2) is 40.8 Å². The Bertz CT molecular complexity index is 573. The molecule has 2 aromatic heterocycles. The smallest absolute Gasteiger partial charge is 0.241 e. The molecular weight excluding hydrogens is 282 g/mol. The van der Waals surface area contributed by atoms with E-state index in [9.17, 15) is 0 Å². The lowest BCUT2D eigenvalue weighted by atomic mass is 9.91. The predicted molar refractivity (Wildman–Crippen MR) is 81.2 cm³/mol. The third-order valence-electron chi connectivity index (χ3n) is 4.41. The minimum atomic E-state index is 0.100. The highest BCUT2D eigenvalue weighted by atomic mass is 16.5. The molecular formula is C16H23N3O3. The summed E-state index contributed by atoms with van der Waals surface area (Å²) < 4.78 is 16.2. The van der Waals surface area contributed by atoms with E-state index in [4.69, 9.17) is 13.7 Å². The predicted octanol–water partition coefficient (Wildman–Crippen LogP) is 3.11. The van der Waals surface area contributed by atoms with Crippen molar-refractivity contribution in [3.8, 4) is 11.6 Å². The van der Waals surface area contributed by atoms with E-state index in [1.807, 2.05) is 12.1 Å². The number of methoxy groups -OCH3 is 1. The van der Waals surface area contributed by atoms with Gasteiger partial charge in [0.2, 0.25) is 11.7 Å². The van der Waals surface area contributed by atoms with Crippen LogP contribution in [0.4, 0.5) is 0 Å². The Labute approximate surface area is 130 Å². The zero-order valence-electron chi connectivity index (χ0n) is 13.2. The quantitative estimate of drug-likeness (QED) is 0.783. The second-order valence-electron chi connectivity index (χ2n) is 5.92. The van der Waals surface area contributed by atoms with Crippen molar-refractivity contribution in [3.05, 3.63) is 24.3 Å². The van der Waals surface area contributed by atoms with Crippen LogP contribution in [0.25, 0.3) is 11.6 Å². The molecule has 6 nitrogen and oxygen atoms in total. The van der Waals surface area contributed by atoms with E-state index in [1.54, 1.807) is 13.4 Å². The molecule has 1 unspecified atom stereocenters. The van der Waals surface area contributed by atoms with Gasteiger partial charge in [-0.3, -0.25) is 4.90 Å². The first-order valence-electron chi connectivity index (χ1n) is 7.88. The lowest BCUT2D eigenvalue weighted by Gasteiger charge is -2.37. The Morgan fingerprint density at radius 3 is 3.09 bits per heavy atom. The lowest BCUT2D eigenvalue weighted by molar-refractivity contribution is 0.0212. The van der Waals surface area contributed by atoms with Gasteiger partial charge >= 0.3 is 0 Å². The summed E-state index contributed by atoms with van der Waals surface area (Å²) in [4.78, 5) is 6.88. The fourth-order valence-electron chi connectivity index (χ4n) is 3.48. The van der Waals surface area contributed by atoms with Crippen molar-refractivity contribution >= 4 is 0 Å². The molecule has 2 aromatic rings. The van der Waals surface area contributed by atoms with Crippen molar-refractivity contribution in [2.45, 2.75) is 44.7 Å². The van der Waals surface area contributed by atoms with Gasteiger partial charge in [-0.05, 0) is 37.9 Å². The van der Waals surface area contributed by atoms with Crippen LogP contribution in [0.1, 0.15) is 38.5 Å². The number of nitrogens with zero attached hydrogens (tertiary/aromatic N) is 3. The Morgan fingerprint density at radius 1 is 1.45 bits per heavy atom. The third kappa shape index (κ3) is 2.94. The first-order chi connectivity index (χ1) is 10.8. The number of hydrogen-bond donors (Lipinski definition) is 0. The van der Waals surface area contributed by atoms with Crippen LogP contribution in [0.3, 0.4) is 0 Å². The summed E-state index contributed by atoms with van der Waals surface area (Å²) in [6.45, 7) is 4.68. The summed E-state index contributed by atoms with van der Waals surface area (Å²) in [5.41, 5.74) is 0.100. The summed E-state index contributed by atoms with van der Waals surface area (Å²) in [5, 5.41) is 4.00. The second kappa shape index (κ2) is 6.62. The Hall–Kier alpha value is -1.66. The standard InChI is InChI=1S/C16H23N3O3/c1-3-7-16(12-20-2)8-5-9-19(16)11-14-17-15(18-22-14)13-6-4-10-21-13/h4,6,10H,3,5,7-9,11-12H2,1-2H3. The van der Waals surface area contributed by atoms with E-state index in [0.29, 0.717) is 24.0 Å². The van der Waals surface area contributed by atoms with Crippen molar-refractivity contribution in [2.75, 3.05) is 20.3 Å². The van der Waals surface area contributed by atoms with Crippen molar-refractivity contribution in [1.29, 1.82) is 0 Å². The molecule has 0 aliphatic carbocycles. The topological polar surface area (TPSA) is 64.5 Å². The van der Waals surface area contributed by atoms with Crippen molar-refractivity contribution in [3.63, 3.8) is 0 Å². The SMILES string of the molecule is CCCC1(COC)CCCN1Cc1nc(-c2ccco2)no1. The third-order valence-corrected chi connectivity index (χ3v) is 4.41. The molecule has 0 radical (unpaired) electrons. The molecule has 0 bridgehead atoms. The van der Waals surface area contributed by atoms with E-state index in [0.717, 1.165) is 32.4 Å². The van der Waals surface area contributed by atoms with Crippen LogP contribution in [0, 0.1) is 0 Å². The number of hydrogen-bond acceptors (Lipinski definition) is 6. The molecule has 120 valence electrons. The lowest BCUT2D eigenvalue weighted by Crippen LogP contribution is -2.47. The molecule has 1 saturated heterocycles. The molecule has 1 atom stereocenters. The van der Waals surface area contributed by atoms with Gasteiger partial charge in [-0.25, -0.2) is 0 Å². The van der Waals surface area contributed by atoms with Crippen LogP contribution in [0.5, 0.6) is 0 Å². The highest BCUT2D eigenvalue weighted by Crippen LogP contribution is 2.35. The Kier molecular flexibility index (Phi) is 4.59. The maximum atomic E-state index is 5.49. The molecule has 3 rings (SSSR count). The van der Waals surface area contributed by atoms with Crippen molar-refractivity contribution in [1.82, 2.24) is 15.0 Å². The Morgan fingerprint density at radius 2 is 2.36 bits per heavy atom. The number of likely N-dealkylation sites (tertiary alicyclic amines) is 1. The molecule has 22 heavy (non-hydrogen) atoms. The molecule has 0 aromatic carbocycles. The van der Waals surface area contributed by atoms with E-state index < -0.39 is 0 Å². The molecule has 3 heterocycles. The van der Waals surface area contributed by atoms with E-state index >= 15 is 0 Å². The van der Waals surface area contributed by atoms with Gasteiger partial charge in [0.25, 0.3) is 0 Å². The molecule has 1 aliphatic heterocycles. The van der Waals surface area contributed by atoms with Gasteiger partial charge < -0.3 is 13.7 Å². The number of rotatable bonds is 7. The van der Waals surface area contributed by atoms with Crippen LogP contribution in [0.15, 0.2) is 27.3 Å². The summed E-state index contributed by atoms with van der Waals surface area (Å²) in [7, 11) is 1.77. The van der Waals surface area contributed by atoms with Gasteiger partial charge in [-0.1, -0.05) is 18.5 Å². The van der Waals surface area contributed by atoms with Gasteiger partial charge in [-0.15, -0.1) is 0 Å². The van der Waals surface area contributed by atoms with Gasteiger partial charge in [0.15, 0.2) is 5.76 Å². The number of aromatic nitrogens is 2. The summed E-state index contributed by atoms with van der Waals surface area (Å²) >= 11 is 0. The maximum absolute atomic E-state index is 5.49. The largest absolute Gasteiger partial charge is 0.461 e. The van der Waals surface area contributed by atoms with Crippen LogP contribution >= 0.6 is 0 Å². The monoisotopic (exact) mass is 305 g/mol. The van der Waals surface area contributed by atoms with Gasteiger partial charge in [0.1, 0.15) is 0 Å². The molecule has 0 N–H and O–H groups in total. The fraction of sp³-hybridized carbons (Fsp3) is 0.625. The van der Waals surface area contributed by atoms with E-state index in [2.05, 4.69) is 22.0 Å². The molecule has 1 fully saturated rings. The average Bonchev–Trinajstić information content (AvgIpc) is 3.22. The normalized spacial score (nSPS) is 22.5. The maximum Gasteiger partial charge on any atom is 0.241 e. The molecule has 0 amide bonds. The number of furan rings is 1. The second-order valence-corrected chi connectivity index (χ2v) is 5.92. The molecule has 0 spiro atoms. The average molecular weight is 305 g/mol. The first kappa shape index (κ1) is 15.2. The van der Waals surface area contributed by atoms with Crippen LogP contribution in [-0.2, 0) is 11.3 Å². The van der Waals surface area contributed by atoms with Crippen molar-refractivity contribution < 1.29 is 13.7 Å². The zero-order chi connectivity index (χ0) is 15.4. The highest BCUT2D eigenvalue weighted by molar-refractivity contribution is 5.44. The summed E-state index contributed by atoms with van der Waals surface area (Å²) in [6.07, 6.45) is 6.22. The summed E-state index contributed by atoms with van der Waals surface area (Å²) in [6, 6.07) is 3.65. The van der Waals surface area contributed by atoms with E-state index in [1.165, 1.54) is 6.42 Å². The van der Waals surface area contributed by atoms with Crippen LogP contribution < -0.4 is 0 Å². The van der Waals surface area contributed by atoms with Crippen LogP contribution in [0.2, 0.25) is 0 Å². The highest BCUT2D eigenvalue weighted by Gasteiger charge is 2.40. The minimum absolute atomic E-state index is 0.100. The fourth-order valence-corrected chi connectivity index (χ4v) is 3.48. The minimum Gasteiger partial charge on any atom is -0.461 e. The van der Waals surface area contributed by atoms with Crippen molar-refractivity contribution in [2.24, 2.45) is 0 Å². The summed E-state index contributed by atoms with van der Waals surface area (Å²) in [5.74, 6) is 1.77. The molecule has 6 heteroatoms. The first-order valence-corrected chi connectivity index (χ1v) is 7.88. The van der Waals surface area contributed by atoms with Gasteiger partial charge in [0, 0.05) is 12.6 Å². The Balaban J connectivity index is 1.74. The molecule has 1 aliphatic rings. The zero-order valence-corrected chi connectivity index (χ0v) is 13.2. The van der Waals surface area contributed by atoms with E-state index in [-0.39, 0.29) is 5.54 Å². The van der Waals surface area contributed by atoms with Gasteiger partial charge in [0.05, 0.1) is 19.4 Å². The molecule has 0 saturated carbocycles. The van der Waals surface area contributed by atoms with Gasteiger partial charge in [-0.2, -0.15) is 4.98 Å².